The first-order valence-corrected chi connectivity index (χ1v) is 10.3. The Kier molecular flexibility index (Phi) is 5.86. The van der Waals surface area contributed by atoms with E-state index in [9.17, 15) is 4.79 Å². The van der Waals surface area contributed by atoms with Gasteiger partial charge in [-0.25, -0.2) is 4.79 Å². The maximum Gasteiger partial charge on any atom is 0.337 e. The monoisotopic (exact) mass is 393 g/mol. The molecule has 0 N–H and O–H groups in total. The van der Waals surface area contributed by atoms with Gasteiger partial charge in [0.1, 0.15) is 0 Å². The number of benzene rings is 2. The lowest BCUT2D eigenvalue weighted by Crippen LogP contribution is -2.35. The number of thiophene rings is 1. The molecule has 0 aliphatic carbocycles. The van der Waals surface area contributed by atoms with Gasteiger partial charge in [0.15, 0.2) is 0 Å². The van der Waals surface area contributed by atoms with E-state index in [-0.39, 0.29) is 5.97 Å². The Morgan fingerprint density at radius 1 is 1.00 bits per heavy atom. The van der Waals surface area contributed by atoms with Gasteiger partial charge in [-0.15, -0.1) is 11.3 Å². The van der Waals surface area contributed by atoms with E-state index < -0.39 is 0 Å². The van der Waals surface area contributed by atoms with Crippen LogP contribution in [0, 0.1) is 0 Å². The van der Waals surface area contributed by atoms with Crippen LogP contribution in [0.15, 0.2) is 60.0 Å². The number of carbonyl (C=O) groups excluding carboxylic acids is 1. The SMILES string of the molecule is COC(=O)c1ccc(-c2cc(-c3ccc(CN4CCOCC4)cc3)cs2)cc1. The Hall–Kier alpha value is -2.47. The summed E-state index contributed by atoms with van der Waals surface area (Å²) in [6.07, 6.45) is 0. The second-order valence-electron chi connectivity index (χ2n) is 6.85. The lowest BCUT2D eigenvalue weighted by molar-refractivity contribution is 0.0342. The molecule has 1 fully saturated rings. The summed E-state index contributed by atoms with van der Waals surface area (Å²) in [6.45, 7) is 4.65. The predicted molar refractivity (Wildman–Crippen MR) is 113 cm³/mol. The molecule has 0 spiro atoms. The Morgan fingerprint density at radius 3 is 2.36 bits per heavy atom. The van der Waals surface area contributed by atoms with Gasteiger partial charge in [0.25, 0.3) is 0 Å². The minimum absolute atomic E-state index is 0.310. The molecule has 0 amide bonds. The molecule has 1 aromatic heterocycles. The molecule has 0 saturated carbocycles. The van der Waals surface area contributed by atoms with Crippen molar-refractivity contribution in [2.45, 2.75) is 6.54 Å². The average molecular weight is 394 g/mol. The van der Waals surface area contributed by atoms with Crippen LogP contribution < -0.4 is 0 Å². The molecule has 2 aromatic carbocycles. The molecule has 1 aliphatic rings. The molecule has 0 atom stereocenters. The van der Waals surface area contributed by atoms with Crippen molar-refractivity contribution in [1.82, 2.24) is 4.90 Å². The van der Waals surface area contributed by atoms with Gasteiger partial charge in [0.2, 0.25) is 0 Å². The topological polar surface area (TPSA) is 38.8 Å². The first-order chi connectivity index (χ1) is 13.7. The predicted octanol–water partition coefficient (Wildman–Crippen LogP) is 4.70. The number of nitrogens with zero attached hydrogens (tertiary/aromatic N) is 1. The molecule has 1 aliphatic heterocycles. The molecular weight excluding hydrogens is 370 g/mol. The highest BCUT2D eigenvalue weighted by molar-refractivity contribution is 7.14. The molecule has 4 nitrogen and oxygen atoms in total. The van der Waals surface area contributed by atoms with Crippen molar-refractivity contribution >= 4 is 17.3 Å². The van der Waals surface area contributed by atoms with Crippen molar-refractivity contribution in [1.29, 1.82) is 0 Å². The minimum atomic E-state index is -0.310. The fraction of sp³-hybridized carbons (Fsp3) is 0.261. The van der Waals surface area contributed by atoms with E-state index >= 15 is 0 Å². The largest absolute Gasteiger partial charge is 0.465 e. The molecule has 144 valence electrons. The average Bonchev–Trinajstić information content (AvgIpc) is 3.25. The molecule has 2 heterocycles. The van der Waals surface area contributed by atoms with Crippen molar-refractivity contribution in [3.8, 4) is 21.6 Å². The highest BCUT2D eigenvalue weighted by atomic mass is 32.1. The van der Waals surface area contributed by atoms with Crippen LogP contribution in [0.4, 0.5) is 0 Å². The quantitative estimate of drug-likeness (QED) is 0.589. The van der Waals surface area contributed by atoms with Gasteiger partial charge >= 0.3 is 5.97 Å². The molecular formula is C23H23NO3S. The lowest BCUT2D eigenvalue weighted by Gasteiger charge is -2.26. The third-order valence-corrected chi connectivity index (χ3v) is 5.97. The number of ether oxygens (including phenoxy) is 2. The van der Waals surface area contributed by atoms with Crippen molar-refractivity contribution < 1.29 is 14.3 Å². The second kappa shape index (κ2) is 8.69. The van der Waals surface area contributed by atoms with Crippen LogP contribution in [0.1, 0.15) is 15.9 Å². The fourth-order valence-corrected chi connectivity index (χ4v) is 4.27. The van der Waals surface area contributed by atoms with Crippen LogP contribution >= 0.6 is 11.3 Å². The van der Waals surface area contributed by atoms with E-state index in [1.54, 1.807) is 23.5 Å². The third-order valence-electron chi connectivity index (χ3n) is 4.99. The number of methoxy groups -OCH3 is 1. The highest BCUT2D eigenvalue weighted by Crippen LogP contribution is 2.33. The van der Waals surface area contributed by atoms with Crippen LogP contribution in [0.25, 0.3) is 21.6 Å². The molecule has 0 radical (unpaired) electrons. The van der Waals surface area contributed by atoms with Crippen molar-refractivity contribution in [2.75, 3.05) is 33.4 Å². The van der Waals surface area contributed by atoms with E-state index in [0.29, 0.717) is 5.56 Å². The van der Waals surface area contributed by atoms with E-state index in [1.807, 2.05) is 12.1 Å². The number of morpholine rings is 1. The van der Waals surface area contributed by atoms with Crippen molar-refractivity contribution in [3.63, 3.8) is 0 Å². The summed E-state index contributed by atoms with van der Waals surface area (Å²) in [4.78, 5) is 15.2. The Balaban J connectivity index is 1.45. The van der Waals surface area contributed by atoms with Gasteiger partial charge in [-0.2, -0.15) is 0 Å². The van der Waals surface area contributed by atoms with Gasteiger partial charge in [-0.1, -0.05) is 36.4 Å². The van der Waals surface area contributed by atoms with Crippen LogP contribution in [-0.4, -0.2) is 44.3 Å². The Bertz CT molecular complexity index is 925. The van der Waals surface area contributed by atoms with Gasteiger partial charge in [0.05, 0.1) is 25.9 Å². The van der Waals surface area contributed by atoms with E-state index in [4.69, 9.17) is 9.47 Å². The lowest BCUT2D eigenvalue weighted by atomic mass is 10.0. The summed E-state index contributed by atoms with van der Waals surface area (Å²) < 4.78 is 10.2. The van der Waals surface area contributed by atoms with Gasteiger partial charge in [0, 0.05) is 24.5 Å². The van der Waals surface area contributed by atoms with Crippen molar-refractivity contribution in [2.24, 2.45) is 0 Å². The van der Waals surface area contributed by atoms with Crippen molar-refractivity contribution in [3.05, 3.63) is 71.1 Å². The zero-order valence-corrected chi connectivity index (χ0v) is 16.7. The number of hydrogen-bond donors (Lipinski definition) is 0. The molecule has 4 rings (SSSR count). The van der Waals surface area contributed by atoms with Gasteiger partial charge < -0.3 is 9.47 Å². The smallest absolute Gasteiger partial charge is 0.337 e. The van der Waals surface area contributed by atoms with Gasteiger partial charge in [-0.3, -0.25) is 4.90 Å². The van der Waals surface area contributed by atoms with E-state index in [0.717, 1.165) is 38.4 Å². The highest BCUT2D eigenvalue weighted by Gasteiger charge is 2.11. The summed E-state index contributed by atoms with van der Waals surface area (Å²) in [7, 11) is 1.40. The molecule has 1 saturated heterocycles. The maximum absolute atomic E-state index is 11.6. The van der Waals surface area contributed by atoms with E-state index in [1.165, 1.54) is 28.7 Å². The normalized spacial score (nSPS) is 14.8. The summed E-state index contributed by atoms with van der Waals surface area (Å²) in [5, 5.41) is 2.18. The minimum Gasteiger partial charge on any atom is -0.465 e. The second-order valence-corrected chi connectivity index (χ2v) is 7.77. The number of rotatable bonds is 5. The first kappa shape index (κ1) is 18.9. The Morgan fingerprint density at radius 2 is 1.68 bits per heavy atom. The maximum atomic E-state index is 11.6. The number of esters is 1. The third kappa shape index (κ3) is 4.33. The number of carbonyl (C=O) groups is 1. The summed E-state index contributed by atoms with van der Waals surface area (Å²) in [5.74, 6) is -0.310. The van der Waals surface area contributed by atoms with Crippen LogP contribution in [-0.2, 0) is 16.0 Å². The molecule has 0 bridgehead atoms. The summed E-state index contributed by atoms with van der Waals surface area (Å²) >= 11 is 1.71. The van der Waals surface area contributed by atoms with E-state index in [2.05, 4.69) is 40.6 Å². The first-order valence-electron chi connectivity index (χ1n) is 9.39. The molecule has 3 aromatic rings. The number of hydrogen-bond acceptors (Lipinski definition) is 5. The van der Waals surface area contributed by atoms with Crippen LogP contribution in [0.3, 0.4) is 0 Å². The standard InChI is InChI=1S/C23H23NO3S/c1-26-23(25)20-8-6-19(7-9-20)22-14-21(16-28-22)18-4-2-17(3-5-18)15-24-10-12-27-13-11-24/h2-9,14,16H,10-13,15H2,1H3. The molecule has 5 heteroatoms. The van der Waals surface area contributed by atoms with Gasteiger partial charge in [-0.05, 0) is 45.8 Å². The Labute approximate surface area is 169 Å². The zero-order valence-electron chi connectivity index (χ0n) is 15.9. The fourth-order valence-electron chi connectivity index (χ4n) is 3.35. The zero-order chi connectivity index (χ0) is 19.3. The summed E-state index contributed by atoms with van der Waals surface area (Å²) in [6, 6.07) is 18.6. The molecule has 28 heavy (non-hydrogen) atoms. The van der Waals surface area contributed by atoms with Crippen LogP contribution in [0.5, 0.6) is 0 Å². The van der Waals surface area contributed by atoms with Crippen LogP contribution in [0.2, 0.25) is 0 Å². The summed E-state index contributed by atoms with van der Waals surface area (Å²) in [5.41, 5.74) is 5.45. The molecule has 0 unspecified atom stereocenters.